The molecule has 0 bridgehead atoms. The third-order valence-corrected chi connectivity index (χ3v) is 6.20. The van der Waals surface area contributed by atoms with Crippen LogP contribution in [-0.4, -0.2) is 36.9 Å². The zero-order chi connectivity index (χ0) is 20.8. The molecule has 29 heavy (non-hydrogen) atoms. The molecule has 154 valence electrons. The minimum Gasteiger partial charge on any atom is -0.352 e. The van der Waals surface area contributed by atoms with E-state index in [9.17, 15) is 14.4 Å². The summed E-state index contributed by atoms with van der Waals surface area (Å²) in [4.78, 5) is 39.8. The van der Waals surface area contributed by atoms with E-state index in [4.69, 9.17) is 0 Å². The Bertz CT molecular complexity index is 873. The summed E-state index contributed by atoms with van der Waals surface area (Å²) in [6.07, 6.45) is 4.22. The zero-order valence-electron chi connectivity index (χ0n) is 16.9. The number of nitrogens with zero attached hydrogens (tertiary/aromatic N) is 1. The molecule has 1 aliphatic carbocycles. The van der Waals surface area contributed by atoms with Crippen LogP contribution in [0.5, 0.6) is 0 Å². The van der Waals surface area contributed by atoms with Gasteiger partial charge in [0, 0.05) is 11.7 Å². The lowest BCUT2D eigenvalue weighted by Crippen LogP contribution is -2.47. The summed E-state index contributed by atoms with van der Waals surface area (Å²) in [5.74, 6) is -0.773. The zero-order valence-corrected chi connectivity index (χ0v) is 17.7. The van der Waals surface area contributed by atoms with Crippen LogP contribution in [0, 0.1) is 13.8 Å². The van der Waals surface area contributed by atoms with Gasteiger partial charge in [0.25, 0.3) is 5.91 Å². The van der Waals surface area contributed by atoms with Crippen molar-refractivity contribution >= 4 is 34.7 Å². The van der Waals surface area contributed by atoms with Gasteiger partial charge in [-0.15, -0.1) is 11.3 Å². The van der Waals surface area contributed by atoms with Crippen LogP contribution in [0.15, 0.2) is 35.7 Å². The predicted molar refractivity (Wildman–Crippen MR) is 115 cm³/mol. The molecule has 0 atom stereocenters. The molecule has 1 aromatic carbocycles. The maximum Gasteiger partial charge on any atom is 0.261 e. The van der Waals surface area contributed by atoms with Crippen molar-refractivity contribution in [2.24, 2.45) is 0 Å². The highest BCUT2D eigenvalue weighted by Gasteiger charge is 2.24. The molecular formula is C22H27N3O3S. The molecule has 0 saturated heterocycles. The first-order valence-electron chi connectivity index (χ1n) is 9.93. The van der Waals surface area contributed by atoms with E-state index in [1.165, 1.54) is 16.2 Å². The molecule has 6 nitrogen and oxygen atoms in total. The topological polar surface area (TPSA) is 78.5 Å². The number of hydrogen-bond acceptors (Lipinski definition) is 4. The first-order chi connectivity index (χ1) is 14.0. The van der Waals surface area contributed by atoms with Crippen molar-refractivity contribution < 1.29 is 14.4 Å². The number of carbonyl (C=O) groups excluding carboxylic acids is 3. The number of amides is 3. The molecule has 0 aliphatic heterocycles. The highest BCUT2D eigenvalue weighted by Crippen LogP contribution is 2.23. The summed E-state index contributed by atoms with van der Waals surface area (Å²) >= 11 is 1.32. The monoisotopic (exact) mass is 413 g/mol. The highest BCUT2D eigenvalue weighted by atomic mass is 32.1. The number of thiophene rings is 1. The van der Waals surface area contributed by atoms with Crippen LogP contribution in [0.2, 0.25) is 0 Å². The fourth-order valence-corrected chi connectivity index (χ4v) is 4.21. The molecular weight excluding hydrogens is 386 g/mol. The smallest absolute Gasteiger partial charge is 0.261 e. The largest absolute Gasteiger partial charge is 0.352 e. The Morgan fingerprint density at radius 1 is 1.10 bits per heavy atom. The normalized spacial score (nSPS) is 13.9. The minimum absolute atomic E-state index is 0.0610. The van der Waals surface area contributed by atoms with Crippen molar-refractivity contribution in [1.29, 1.82) is 0 Å². The van der Waals surface area contributed by atoms with E-state index in [2.05, 4.69) is 10.6 Å². The van der Waals surface area contributed by atoms with Crippen LogP contribution in [0.4, 0.5) is 5.69 Å². The molecule has 1 aromatic heterocycles. The Morgan fingerprint density at radius 3 is 2.55 bits per heavy atom. The van der Waals surface area contributed by atoms with E-state index in [1.54, 1.807) is 12.1 Å². The first-order valence-corrected chi connectivity index (χ1v) is 10.8. The average Bonchev–Trinajstić information content (AvgIpc) is 3.40. The van der Waals surface area contributed by atoms with Crippen LogP contribution in [-0.2, 0) is 9.59 Å². The number of benzene rings is 1. The van der Waals surface area contributed by atoms with Gasteiger partial charge in [0.2, 0.25) is 11.8 Å². The summed E-state index contributed by atoms with van der Waals surface area (Å²) in [5.41, 5.74) is 2.68. The van der Waals surface area contributed by atoms with Gasteiger partial charge in [0.05, 0.1) is 11.4 Å². The summed E-state index contributed by atoms with van der Waals surface area (Å²) in [6.45, 7) is 3.68. The Balaban J connectivity index is 1.72. The lowest BCUT2D eigenvalue weighted by atomic mass is 10.1. The van der Waals surface area contributed by atoms with Gasteiger partial charge >= 0.3 is 0 Å². The third kappa shape index (κ3) is 5.44. The van der Waals surface area contributed by atoms with Gasteiger partial charge in [-0.1, -0.05) is 31.0 Å². The Hall–Kier alpha value is -2.67. The van der Waals surface area contributed by atoms with Crippen molar-refractivity contribution in [3.05, 3.63) is 51.7 Å². The Labute approximate surface area is 175 Å². The second-order valence-electron chi connectivity index (χ2n) is 7.41. The van der Waals surface area contributed by atoms with Gasteiger partial charge in [-0.05, 0) is 55.3 Å². The van der Waals surface area contributed by atoms with Gasteiger partial charge < -0.3 is 15.5 Å². The Kier molecular flexibility index (Phi) is 7.04. The number of carbonyl (C=O) groups is 3. The van der Waals surface area contributed by atoms with E-state index in [-0.39, 0.29) is 36.9 Å². The molecule has 7 heteroatoms. The van der Waals surface area contributed by atoms with E-state index in [1.807, 2.05) is 37.4 Å². The van der Waals surface area contributed by atoms with Crippen LogP contribution in [0.25, 0.3) is 0 Å². The van der Waals surface area contributed by atoms with Crippen LogP contribution < -0.4 is 15.5 Å². The second kappa shape index (κ2) is 9.69. The molecule has 3 amide bonds. The maximum atomic E-state index is 13.0. The molecule has 2 aromatic rings. The Morgan fingerprint density at radius 2 is 1.86 bits per heavy atom. The number of aryl methyl sites for hydroxylation is 1. The van der Waals surface area contributed by atoms with Crippen molar-refractivity contribution in [2.75, 3.05) is 18.0 Å². The van der Waals surface area contributed by atoms with Crippen LogP contribution in [0.3, 0.4) is 0 Å². The second-order valence-corrected chi connectivity index (χ2v) is 8.36. The van der Waals surface area contributed by atoms with Crippen molar-refractivity contribution in [1.82, 2.24) is 10.6 Å². The number of nitrogens with one attached hydrogen (secondary N) is 2. The molecule has 0 radical (unpaired) electrons. The SMILES string of the molecule is Cc1cccc(N(CC(=O)NC2CCCC2)C(=O)CNC(=O)c2cccs2)c1C. The fraction of sp³-hybridized carbons (Fsp3) is 0.409. The molecule has 3 rings (SSSR count). The maximum absolute atomic E-state index is 13.0. The molecule has 1 saturated carbocycles. The lowest BCUT2D eigenvalue weighted by molar-refractivity contribution is -0.123. The third-order valence-electron chi connectivity index (χ3n) is 5.34. The number of hydrogen-bond donors (Lipinski definition) is 2. The van der Waals surface area contributed by atoms with E-state index in [0.717, 1.165) is 36.8 Å². The predicted octanol–water partition coefficient (Wildman–Crippen LogP) is 3.19. The molecule has 1 aliphatic rings. The molecule has 1 heterocycles. The molecule has 0 unspecified atom stereocenters. The number of rotatable bonds is 7. The minimum atomic E-state index is -0.315. The fourth-order valence-electron chi connectivity index (χ4n) is 3.57. The summed E-state index contributed by atoms with van der Waals surface area (Å²) in [7, 11) is 0. The summed E-state index contributed by atoms with van der Waals surface area (Å²) in [5, 5.41) is 7.51. The van der Waals surface area contributed by atoms with Crippen LogP contribution in [0.1, 0.15) is 46.5 Å². The molecule has 2 N–H and O–H groups in total. The summed E-state index contributed by atoms with van der Waals surface area (Å²) in [6, 6.07) is 9.37. The standard InChI is InChI=1S/C22H27N3O3S/c1-15-7-5-10-18(16(15)2)25(14-20(26)24-17-8-3-4-9-17)21(27)13-23-22(28)19-11-6-12-29-19/h5-7,10-12,17H,3-4,8-9,13-14H2,1-2H3,(H,23,28)(H,24,26). The van der Waals surface area contributed by atoms with Crippen molar-refractivity contribution in [3.8, 4) is 0 Å². The van der Waals surface area contributed by atoms with Gasteiger partial charge in [0.1, 0.15) is 6.54 Å². The first kappa shape index (κ1) is 21.0. The van der Waals surface area contributed by atoms with Gasteiger partial charge in [-0.3, -0.25) is 14.4 Å². The van der Waals surface area contributed by atoms with E-state index in [0.29, 0.717) is 10.6 Å². The average molecular weight is 414 g/mol. The van der Waals surface area contributed by atoms with Crippen LogP contribution >= 0.6 is 11.3 Å². The lowest BCUT2D eigenvalue weighted by Gasteiger charge is -2.26. The number of anilines is 1. The van der Waals surface area contributed by atoms with Gasteiger partial charge in [-0.2, -0.15) is 0 Å². The molecule has 1 fully saturated rings. The van der Waals surface area contributed by atoms with Gasteiger partial charge in [0.15, 0.2) is 0 Å². The van der Waals surface area contributed by atoms with E-state index >= 15 is 0 Å². The van der Waals surface area contributed by atoms with Gasteiger partial charge in [-0.25, -0.2) is 0 Å². The van der Waals surface area contributed by atoms with Crippen molar-refractivity contribution in [3.63, 3.8) is 0 Å². The van der Waals surface area contributed by atoms with Crippen molar-refractivity contribution in [2.45, 2.75) is 45.6 Å². The van der Waals surface area contributed by atoms with E-state index < -0.39 is 0 Å². The highest BCUT2D eigenvalue weighted by molar-refractivity contribution is 7.12. The quantitative estimate of drug-likeness (QED) is 0.732. The molecule has 0 spiro atoms. The summed E-state index contributed by atoms with van der Waals surface area (Å²) < 4.78 is 0.